The van der Waals surface area contributed by atoms with Crippen molar-refractivity contribution >= 4 is 49.4 Å². The maximum Gasteiger partial charge on any atom is 0.252 e. The minimum atomic E-state index is -0.137. The Labute approximate surface area is 139 Å². The maximum absolute atomic E-state index is 12.3. The molecule has 2 aromatic carbocycles. The molecule has 2 rings (SSSR count). The Morgan fingerprint density at radius 1 is 1.20 bits per heavy atom. The molecule has 0 aliphatic rings. The van der Waals surface area contributed by atoms with Crippen LogP contribution in [-0.2, 0) is 0 Å². The van der Waals surface area contributed by atoms with Crippen LogP contribution in [0.15, 0.2) is 53.0 Å². The third kappa shape index (κ3) is 3.84. The van der Waals surface area contributed by atoms with Gasteiger partial charge in [-0.3, -0.25) is 4.79 Å². The number of alkyl halides is 1. The molecule has 0 saturated carbocycles. The van der Waals surface area contributed by atoms with Gasteiger partial charge in [-0.25, -0.2) is 0 Å². The van der Waals surface area contributed by atoms with Gasteiger partial charge in [0.15, 0.2) is 0 Å². The zero-order valence-electron chi connectivity index (χ0n) is 10.4. The van der Waals surface area contributed by atoms with Crippen molar-refractivity contribution in [2.45, 2.75) is 6.04 Å². The molecule has 0 bridgehead atoms. The molecule has 104 valence electrons. The monoisotopic (exact) mass is 415 g/mol. The molecule has 2 nitrogen and oxygen atoms in total. The van der Waals surface area contributed by atoms with Gasteiger partial charge in [-0.2, -0.15) is 0 Å². The predicted octanol–water partition coefficient (Wildman–Crippen LogP) is 4.97. The van der Waals surface area contributed by atoms with Crippen molar-refractivity contribution in [3.05, 3.63) is 69.2 Å². The van der Waals surface area contributed by atoms with Gasteiger partial charge < -0.3 is 5.32 Å². The van der Waals surface area contributed by atoms with Gasteiger partial charge in [0, 0.05) is 14.8 Å². The summed E-state index contributed by atoms with van der Waals surface area (Å²) in [6.07, 6.45) is 0. The van der Waals surface area contributed by atoms with E-state index in [2.05, 4.69) is 37.2 Å². The number of rotatable bonds is 4. The first kappa shape index (κ1) is 15.5. The van der Waals surface area contributed by atoms with E-state index in [9.17, 15) is 4.79 Å². The number of hydrogen-bond acceptors (Lipinski definition) is 1. The second kappa shape index (κ2) is 7.25. The van der Waals surface area contributed by atoms with E-state index >= 15 is 0 Å². The van der Waals surface area contributed by atoms with Gasteiger partial charge in [-0.05, 0) is 39.7 Å². The Morgan fingerprint density at radius 2 is 1.90 bits per heavy atom. The fourth-order valence-corrected chi connectivity index (χ4v) is 3.20. The van der Waals surface area contributed by atoms with Crippen LogP contribution >= 0.6 is 43.5 Å². The van der Waals surface area contributed by atoms with Gasteiger partial charge in [0.05, 0.1) is 11.6 Å². The van der Waals surface area contributed by atoms with E-state index in [4.69, 9.17) is 11.6 Å². The Morgan fingerprint density at radius 3 is 2.50 bits per heavy atom. The highest BCUT2D eigenvalue weighted by Gasteiger charge is 2.16. The van der Waals surface area contributed by atoms with Crippen LogP contribution in [0.3, 0.4) is 0 Å². The highest BCUT2D eigenvalue weighted by molar-refractivity contribution is 9.10. The molecule has 0 aliphatic carbocycles. The van der Waals surface area contributed by atoms with Crippen molar-refractivity contribution in [2.24, 2.45) is 0 Å². The molecule has 2 aromatic rings. The van der Waals surface area contributed by atoms with E-state index in [1.807, 2.05) is 30.3 Å². The summed E-state index contributed by atoms with van der Waals surface area (Å²) < 4.78 is 0.684. The number of nitrogens with one attached hydrogen (secondary N) is 1. The normalized spacial score (nSPS) is 11.9. The van der Waals surface area contributed by atoms with Crippen molar-refractivity contribution in [1.82, 2.24) is 5.32 Å². The summed E-state index contributed by atoms with van der Waals surface area (Å²) in [5, 5.41) is 4.24. The van der Waals surface area contributed by atoms with Crippen molar-refractivity contribution in [2.75, 3.05) is 5.33 Å². The Hall–Kier alpha value is -0.840. The van der Waals surface area contributed by atoms with E-state index in [-0.39, 0.29) is 11.9 Å². The van der Waals surface area contributed by atoms with Gasteiger partial charge in [-0.15, -0.1) is 0 Å². The summed E-state index contributed by atoms with van der Waals surface area (Å²) in [6.45, 7) is 0. The van der Waals surface area contributed by atoms with Crippen LogP contribution < -0.4 is 5.32 Å². The van der Waals surface area contributed by atoms with Crippen molar-refractivity contribution in [3.8, 4) is 0 Å². The Kier molecular flexibility index (Phi) is 5.64. The number of benzene rings is 2. The first-order valence-electron chi connectivity index (χ1n) is 5.98. The van der Waals surface area contributed by atoms with Gasteiger partial charge in [0.25, 0.3) is 5.91 Å². The second-order valence-corrected chi connectivity index (χ2v) is 6.15. The molecule has 1 atom stereocenters. The van der Waals surface area contributed by atoms with Gasteiger partial charge in [0.2, 0.25) is 0 Å². The van der Waals surface area contributed by atoms with Crippen LogP contribution in [0.4, 0.5) is 0 Å². The molecule has 0 heterocycles. The lowest BCUT2D eigenvalue weighted by atomic mass is 10.1. The molecule has 1 unspecified atom stereocenters. The van der Waals surface area contributed by atoms with Crippen LogP contribution in [-0.4, -0.2) is 11.2 Å². The standard InChI is InChI=1S/C15H12Br2ClNO/c16-9-14(10-4-2-1-3-5-10)19-15(20)12-7-6-11(18)8-13(12)17/h1-8,14H,9H2,(H,19,20). The zero-order valence-corrected chi connectivity index (χ0v) is 14.4. The lowest BCUT2D eigenvalue weighted by molar-refractivity contribution is 0.0940. The highest BCUT2D eigenvalue weighted by Crippen LogP contribution is 2.23. The lowest BCUT2D eigenvalue weighted by Crippen LogP contribution is -2.29. The average molecular weight is 418 g/mol. The minimum Gasteiger partial charge on any atom is -0.344 e. The van der Waals surface area contributed by atoms with E-state index in [0.29, 0.717) is 20.4 Å². The van der Waals surface area contributed by atoms with Gasteiger partial charge >= 0.3 is 0 Å². The lowest BCUT2D eigenvalue weighted by Gasteiger charge is -2.17. The molecule has 0 aliphatic heterocycles. The fourth-order valence-electron chi connectivity index (χ4n) is 1.81. The molecule has 0 aromatic heterocycles. The van der Waals surface area contributed by atoms with Crippen LogP contribution in [0.5, 0.6) is 0 Å². The summed E-state index contributed by atoms with van der Waals surface area (Å²) >= 11 is 12.7. The second-order valence-electron chi connectivity index (χ2n) is 4.22. The van der Waals surface area contributed by atoms with Crippen LogP contribution in [0.2, 0.25) is 5.02 Å². The molecule has 0 radical (unpaired) electrons. The zero-order chi connectivity index (χ0) is 14.5. The quantitative estimate of drug-likeness (QED) is 0.700. The molecule has 5 heteroatoms. The molecular weight excluding hydrogens is 405 g/mol. The number of hydrogen-bond donors (Lipinski definition) is 1. The largest absolute Gasteiger partial charge is 0.344 e. The van der Waals surface area contributed by atoms with Gasteiger partial charge in [-0.1, -0.05) is 57.9 Å². The van der Waals surface area contributed by atoms with Crippen LogP contribution in [0.1, 0.15) is 22.0 Å². The summed E-state index contributed by atoms with van der Waals surface area (Å²) in [5.74, 6) is -0.137. The molecule has 20 heavy (non-hydrogen) atoms. The summed E-state index contributed by atoms with van der Waals surface area (Å²) in [6, 6.07) is 14.9. The van der Waals surface area contributed by atoms with Crippen LogP contribution in [0, 0.1) is 0 Å². The predicted molar refractivity (Wildman–Crippen MR) is 89.6 cm³/mol. The van der Waals surface area contributed by atoms with E-state index < -0.39 is 0 Å². The Bertz CT molecular complexity index is 604. The Balaban J connectivity index is 2.17. The van der Waals surface area contributed by atoms with E-state index in [1.165, 1.54) is 0 Å². The van der Waals surface area contributed by atoms with E-state index in [1.54, 1.807) is 18.2 Å². The third-order valence-corrected chi connectivity index (χ3v) is 4.38. The number of carbonyl (C=O) groups is 1. The molecular formula is C15H12Br2ClNO. The third-order valence-electron chi connectivity index (χ3n) is 2.84. The summed E-state index contributed by atoms with van der Waals surface area (Å²) in [7, 11) is 0. The SMILES string of the molecule is O=C(NC(CBr)c1ccccc1)c1ccc(Cl)cc1Br. The fraction of sp³-hybridized carbons (Fsp3) is 0.133. The van der Waals surface area contributed by atoms with E-state index in [0.717, 1.165) is 5.56 Å². The van der Waals surface area contributed by atoms with Crippen molar-refractivity contribution in [1.29, 1.82) is 0 Å². The first-order chi connectivity index (χ1) is 9.61. The van der Waals surface area contributed by atoms with Crippen LogP contribution in [0.25, 0.3) is 0 Å². The maximum atomic E-state index is 12.3. The number of halogens is 3. The summed E-state index contributed by atoms with van der Waals surface area (Å²) in [5.41, 5.74) is 1.62. The smallest absolute Gasteiger partial charge is 0.252 e. The average Bonchev–Trinajstić information content (AvgIpc) is 2.45. The van der Waals surface area contributed by atoms with Crippen molar-refractivity contribution < 1.29 is 4.79 Å². The number of carbonyl (C=O) groups excluding carboxylic acids is 1. The van der Waals surface area contributed by atoms with Crippen molar-refractivity contribution in [3.63, 3.8) is 0 Å². The molecule has 1 amide bonds. The molecule has 0 saturated heterocycles. The summed E-state index contributed by atoms with van der Waals surface area (Å²) in [4.78, 5) is 12.3. The first-order valence-corrected chi connectivity index (χ1v) is 8.28. The molecule has 0 spiro atoms. The molecule has 0 fully saturated rings. The number of amides is 1. The topological polar surface area (TPSA) is 29.1 Å². The van der Waals surface area contributed by atoms with Gasteiger partial charge in [0.1, 0.15) is 0 Å². The molecule has 1 N–H and O–H groups in total. The highest BCUT2D eigenvalue weighted by atomic mass is 79.9. The minimum absolute atomic E-state index is 0.0775.